The first-order valence-corrected chi connectivity index (χ1v) is 8.27. The Morgan fingerprint density at radius 1 is 1.23 bits per heavy atom. The fourth-order valence-corrected chi connectivity index (χ4v) is 4.00. The van der Waals surface area contributed by atoms with Crippen LogP contribution >= 0.6 is 23.6 Å². The zero-order chi connectivity index (χ0) is 15.3. The molecule has 6 heteroatoms. The Morgan fingerprint density at radius 2 is 2.00 bits per heavy atom. The normalized spacial score (nSPS) is 11.5. The molecule has 4 aromatic rings. The van der Waals surface area contributed by atoms with Gasteiger partial charge in [0.05, 0.1) is 5.39 Å². The van der Waals surface area contributed by atoms with E-state index in [0.717, 1.165) is 28.1 Å². The highest BCUT2D eigenvalue weighted by atomic mass is 32.1. The summed E-state index contributed by atoms with van der Waals surface area (Å²) in [5, 5.41) is 8.45. The third-order valence-corrected chi connectivity index (χ3v) is 5.33. The van der Waals surface area contributed by atoms with Crippen LogP contribution in [0.15, 0.2) is 30.3 Å². The minimum atomic E-state index is 0.596. The lowest BCUT2D eigenvalue weighted by molar-refractivity contribution is 0.924. The van der Waals surface area contributed by atoms with Crippen LogP contribution < -0.4 is 0 Å². The van der Waals surface area contributed by atoms with Crippen LogP contribution in [0.4, 0.5) is 0 Å². The van der Waals surface area contributed by atoms with Crippen molar-refractivity contribution in [1.82, 2.24) is 19.6 Å². The van der Waals surface area contributed by atoms with Gasteiger partial charge in [-0.25, -0.2) is 4.98 Å². The molecule has 3 heterocycles. The number of benzene rings is 1. The van der Waals surface area contributed by atoms with Gasteiger partial charge in [0.15, 0.2) is 5.65 Å². The number of hydrogen-bond donors (Lipinski definition) is 1. The van der Waals surface area contributed by atoms with Crippen molar-refractivity contribution in [2.75, 3.05) is 0 Å². The van der Waals surface area contributed by atoms with E-state index in [9.17, 15) is 0 Å². The number of nitrogens with one attached hydrogen (secondary N) is 1. The molecule has 0 aliphatic heterocycles. The average molecular weight is 326 g/mol. The van der Waals surface area contributed by atoms with Gasteiger partial charge in [-0.15, -0.1) is 11.3 Å². The van der Waals surface area contributed by atoms with Crippen molar-refractivity contribution in [2.45, 2.75) is 20.3 Å². The van der Waals surface area contributed by atoms with E-state index in [4.69, 9.17) is 17.2 Å². The molecule has 4 nitrogen and oxygen atoms in total. The van der Waals surface area contributed by atoms with Crippen molar-refractivity contribution < 1.29 is 0 Å². The molecule has 0 bridgehead atoms. The van der Waals surface area contributed by atoms with Gasteiger partial charge in [-0.05, 0) is 37.2 Å². The van der Waals surface area contributed by atoms with Crippen molar-refractivity contribution in [3.8, 4) is 0 Å². The predicted octanol–water partition coefficient (Wildman–Crippen LogP) is 4.21. The van der Waals surface area contributed by atoms with Crippen LogP contribution in [0.2, 0.25) is 0 Å². The maximum atomic E-state index is 5.41. The molecule has 0 saturated carbocycles. The summed E-state index contributed by atoms with van der Waals surface area (Å²) >= 11 is 7.13. The van der Waals surface area contributed by atoms with Gasteiger partial charge in [0.25, 0.3) is 0 Å². The smallest absolute Gasteiger partial charge is 0.201 e. The fourth-order valence-electron chi connectivity index (χ4n) is 2.72. The Labute approximate surface area is 136 Å². The number of aromatic amines is 1. The zero-order valence-electron chi connectivity index (χ0n) is 12.3. The van der Waals surface area contributed by atoms with E-state index in [1.165, 1.54) is 16.0 Å². The SMILES string of the molecule is Cc1sc2nc(Cc3ccccc3)n3c(=S)[nH]nc3c2c1C. The van der Waals surface area contributed by atoms with E-state index in [1.807, 2.05) is 22.6 Å². The van der Waals surface area contributed by atoms with Gasteiger partial charge < -0.3 is 0 Å². The second-order valence-electron chi connectivity index (χ2n) is 5.34. The third kappa shape index (κ3) is 1.99. The molecule has 22 heavy (non-hydrogen) atoms. The molecule has 0 aliphatic rings. The van der Waals surface area contributed by atoms with Crippen LogP contribution in [0.3, 0.4) is 0 Å². The predicted molar refractivity (Wildman–Crippen MR) is 92.3 cm³/mol. The Balaban J connectivity index is 2.04. The van der Waals surface area contributed by atoms with Crippen LogP contribution in [0.25, 0.3) is 15.9 Å². The van der Waals surface area contributed by atoms with Gasteiger partial charge in [0.1, 0.15) is 10.7 Å². The highest BCUT2D eigenvalue weighted by Crippen LogP contribution is 2.32. The van der Waals surface area contributed by atoms with Crippen LogP contribution in [0, 0.1) is 18.6 Å². The summed E-state index contributed by atoms with van der Waals surface area (Å²) in [7, 11) is 0. The number of thiophene rings is 1. The second kappa shape index (κ2) is 5.00. The van der Waals surface area contributed by atoms with Crippen LogP contribution in [-0.4, -0.2) is 19.6 Å². The van der Waals surface area contributed by atoms with Gasteiger partial charge in [0.2, 0.25) is 4.77 Å². The van der Waals surface area contributed by atoms with Gasteiger partial charge in [-0.1, -0.05) is 30.3 Å². The summed E-state index contributed by atoms with van der Waals surface area (Å²) in [6.07, 6.45) is 0.733. The highest BCUT2D eigenvalue weighted by Gasteiger charge is 2.16. The van der Waals surface area contributed by atoms with Gasteiger partial charge in [0, 0.05) is 11.3 Å². The number of hydrogen-bond acceptors (Lipinski definition) is 4. The Hall–Kier alpha value is -2.05. The van der Waals surface area contributed by atoms with Crippen LogP contribution in [-0.2, 0) is 6.42 Å². The molecular formula is C16H14N4S2. The standard InChI is InChI=1S/C16H14N4S2/c1-9-10(2)22-15-13(9)14-18-19-16(21)20(14)12(17-15)8-11-6-4-3-5-7-11/h3-7H,8H2,1-2H3,(H,19,21). The topological polar surface area (TPSA) is 46.0 Å². The van der Waals surface area contributed by atoms with Gasteiger partial charge in [-0.3, -0.25) is 9.50 Å². The molecule has 1 N–H and O–H groups in total. The first kappa shape index (κ1) is 13.6. The molecule has 0 atom stereocenters. The van der Waals surface area contributed by atoms with Crippen molar-refractivity contribution in [2.24, 2.45) is 0 Å². The fraction of sp³-hybridized carbons (Fsp3) is 0.188. The number of aromatic nitrogens is 4. The number of nitrogens with zero attached hydrogens (tertiary/aromatic N) is 3. The largest absolute Gasteiger partial charge is 0.255 e. The lowest BCUT2D eigenvalue weighted by Crippen LogP contribution is -2.02. The lowest BCUT2D eigenvalue weighted by Gasteiger charge is -2.05. The minimum Gasteiger partial charge on any atom is -0.255 e. The molecule has 0 unspecified atom stereocenters. The van der Waals surface area contributed by atoms with Gasteiger partial charge >= 0.3 is 0 Å². The number of fused-ring (bicyclic) bond motifs is 3. The van der Waals surface area contributed by atoms with E-state index in [0.29, 0.717) is 4.77 Å². The Morgan fingerprint density at radius 3 is 2.77 bits per heavy atom. The summed E-state index contributed by atoms with van der Waals surface area (Å²) in [6, 6.07) is 10.3. The second-order valence-corrected chi connectivity index (χ2v) is 6.93. The summed E-state index contributed by atoms with van der Waals surface area (Å²) in [5.74, 6) is 0.925. The molecular weight excluding hydrogens is 312 g/mol. The van der Waals surface area contributed by atoms with Crippen molar-refractivity contribution >= 4 is 39.4 Å². The molecule has 3 aromatic heterocycles. The van der Waals surface area contributed by atoms with E-state index in [1.54, 1.807) is 11.3 Å². The summed E-state index contributed by atoms with van der Waals surface area (Å²) < 4.78 is 2.56. The molecule has 0 fully saturated rings. The molecule has 0 spiro atoms. The van der Waals surface area contributed by atoms with E-state index >= 15 is 0 Å². The molecule has 0 amide bonds. The number of rotatable bonds is 2. The Kier molecular flexibility index (Phi) is 3.09. The van der Waals surface area contributed by atoms with Crippen LogP contribution in [0.5, 0.6) is 0 Å². The monoisotopic (exact) mass is 326 g/mol. The number of aryl methyl sites for hydroxylation is 2. The average Bonchev–Trinajstić information content (AvgIpc) is 3.02. The summed E-state index contributed by atoms with van der Waals surface area (Å²) in [6.45, 7) is 4.24. The van der Waals surface area contributed by atoms with Crippen molar-refractivity contribution in [3.05, 3.63) is 56.9 Å². The van der Waals surface area contributed by atoms with E-state index < -0.39 is 0 Å². The third-order valence-electron chi connectivity index (χ3n) is 3.96. The van der Waals surface area contributed by atoms with Crippen LogP contribution in [0.1, 0.15) is 21.8 Å². The minimum absolute atomic E-state index is 0.596. The van der Waals surface area contributed by atoms with E-state index in [2.05, 4.69) is 36.2 Å². The van der Waals surface area contributed by atoms with Crippen molar-refractivity contribution in [1.29, 1.82) is 0 Å². The maximum Gasteiger partial charge on any atom is 0.201 e. The molecule has 1 aromatic carbocycles. The zero-order valence-corrected chi connectivity index (χ0v) is 13.9. The quantitative estimate of drug-likeness (QED) is 0.561. The van der Waals surface area contributed by atoms with E-state index in [-0.39, 0.29) is 0 Å². The molecule has 110 valence electrons. The summed E-state index contributed by atoms with van der Waals surface area (Å²) in [5.41, 5.74) is 3.32. The molecule has 0 aliphatic carbocycles. The molecule has 0 saturated heterocycles. The highest BCUT2D eigenvalue weighted by molar-refractivity contribution is 7.71. The molecule has 4 rings (SSSR count). The number of H-pyrrole nitrogens is 1. The first-order chi connectivity index (χ1) is 10.6. The van der Waals surface area contributed by atoms with Crippen molar-refractivity contribution in [3.63, 3.8) is 0 Å². The maximum absolute atomic E-state index is 5.41. The molecule has 0 radical (unpaired) electrons. The Bertz CT molecular complexity index is 1040. The summed E-state index contributed by atoms with van der Waals surface area (Å²) in [4.78, 5) is 7.17. The van der Waals surface area contributed by atoms with Gasteiger partial charge in [-0.2, -0.15) is 5.10 Å². The lowest BCUT2D eigenvalue weighted by atomic mass is 10.1. The first-order valence-electron chi connectivity index (χ1n) is 7.05.